The van der Waals surface area contributed by atoms with Crippen LogP contribution in [0.25, 0.3) is 28.0 Å². The summed E-state index contributed by atoms with van der Waals surface area (Å²) in [5, 5.41) is 4.42. The zero-order chi connectivity index (χ0) is 21.5. The third-order valence-electron chi connectivity index (χ3n) is 5.98. The van der Waals surface area contributed by atoms with Crippen LogP contribution in [0.2, 0.25) is 0 Å². The largest absolute Gasteiger partial charge is 0.369 e. The van der Waals surface area contributed by atoms with Crippen molar-refractivity contribution in [1.29, 1.82) is 0 Å². The average Bonchev–Trinajstić information content (AvgIpc) is 3.36. The first-order valence-electron chi connectivity index (χ1n) is 10.3. The SMILES string of the molecule is Cc1nn(C)cc1-c1ccc(-n2cnc3c(N4CCC(C(N)=O)CC4)ncnc32)cc1. The van der Waals surface area contributed by atoms with Crippen molar-refractivity contribution in [2.24, 2.45) is 18.7 Å². The number of aromatic nitrogens is 6. The van der Waals surface area contributed by atoms with E-state index in [0.29, 0.717) is 0 Å². The molecule has 4 aromatic rings. The molecule has 1 saturated heterocycles. The van der Waals surface area contributed by atoms with E-state index in [1.165, 1.54) is 0 Å². The van der Waals surface area contributed by atoms with E-state index in [1.54, 1.807) is 12.7 Å². The number of imidazole rings is 1. The maximum atomic E-state index is 11.5. The summed E-state index contributed by atoms with van der Waals surface area (Å²) in [7, 11) is 1.93. The van der Waals surface area contributed by atoms with E-state index >= 15 is 0 Å². The van der Waals surface area contributed by atoms with Crippen LogP contribution in [0.3, 0.4) is 0 Å². The van der Waals surface area contributed by atoms with Crippen LogP contribution in [0.1, 0.15) is 18.5 Å². The molecule has 9 nitrogen and oxygen atoms in total. The third kappa shape index (κ3) is 3.41. The highest BCUT2D eigenvalue weighted by Crippen LogP contribution is 2.29. The number of rotatable bonds is 4. The van der Waals surface area contributed by atoms with Crippen LogP contribution in [0.4, 0.5) is 5.82 Å². The number of nitrogens with zero attached hydrogens (tertiary/aromatic N) is 7. The summed E-state index contributed by atoms with van der Waals surface area (Å²) in [6.45, 7) is 3.47. The van der Waals surface area contributed by atoms with Gasteiger partial charge in [0.2, 0.25) is 5.91 Å². The normalized spacial score (nSPS) is 15.0. The highest BCUT2D eigenvalue weighted by Gasteiger charge is 2.26. The van der Waals surface area contributed by atoms with Crippen LogP contribution in [0.15, 0.2) is 43.1 Å². The van der Waals surface area contributed by atoms with Crippen LogP contribution in [0.5, 0.6) is 0 Å². The summed E-state index contributed by atoms with van der Waals surface area (Å²) in [6.07, 6.45) is 6.85. The molecule has 0 radical (unpaired) electrons. The second-order valence-corrected chi connectivity index (χ2v) is 8.00. The van der Waals surface area contributed by atoms with Crippen molar-refractivity contribution in [3.63, 3.8) is 0 Å². The molecule has 1 aliphatic heterocycles. The first kappa shape index (κ1) is 19.2. The van der Waals surface area contributed by atoms with E-state index in [2.05, 4.69) is 49.2 Å². The number of nitrogens with two attached hydrogens (primary N) is 1. The van der Waals surface area contributed by atoms with Gasteiger partial charge in [0.25, 0.3) is 0 Å². The molecule has 0 bridgehead atoms. The average molecular weight is 416 g/mol. The van der Waals surface area contributed by atoms with Gasteiger partial charge in [-0.05, 0) is 37.5 Å². The Kier molecular flexibility index (Phi) is 4.65. The molecule has 3 aromatic heterocycles. The fourth-order valence-electron chi connectivity index (χ4n) is 4.30. The van der Waals surface area contributed by atoms with Crippen molar-refractivity contribution in [1.82, 2.24) is 29.3 Å². The Morgan fingerprint density at radius 1 is 1.10 bits per heavy atom. The predicted molar refractivity (Wildman–Crippen MR) is 118 cm³/mol. The number of anilines is 1. The molecule has 0 atom stereocenters. The molecule has 1 amide bonds. The number of amides is 1. The number of aryl methyl sites for hydroxylation is 2. The minimum Gasteiger partial charge on any atom is -0.369 e. The Balaban J connectivity index is 1.45. The Morgan fingerprint density at radius 3 is 2.48 bits per heavy atom. The lowest BCUT2D eigenvalue weighted by molar-refractivity contribution is -0.122. The van der Waals surface area contributed by atoms with Gasteiger partial charge in [-0.3, -0.25) is 14.0 Å². The number of hydrogen-bond donors (Lipinski definition) is 1. The van der Waals surface area contributed by atoms with Gasteiger partial charge in [-0.25, -0.2) is 15.0 Å². The van der Waals surface area contributed by atoms with E-state index in [0.717, 1.165) is 65.4 Å². The van der Waals surface area contributed by atoms with Gasteiger partial charge in [0, 0.05) is 43.5 Å². The lowest BCUT2D eigenvalue weighted by Gasteiger charge is -2.31. The minimum atomic E-state index is -0.221. The van der Waals surface area contributed by atoms with E-state index in [1.807, 2.05) is 29.4 Å². The Morgan fingerprint density at radius 2 is 1.84 bits per heavy atom. The van der Waals surface area contributed by atoms with Crippen molar-refractivity contribution < 1.29 is 4.79 Å². The van der Waals surface area contributed by atoms with Crippen molar-refractivity contribution >= 4 is 22.9 Å². The topological polar surface area (TPSA) is 108 Å². The lowest BCUT2D eigenvalue weighted by Crippen LogP contribution is -2.39. The number of hydrogen-bond acceptors (Lipinski definition) is 6. The third-order valence-corrected chi connectivity index (χ3v) is 5.98. The molecule has 0 saturated carbocycles. The van der Waals surface area contributed by atoms with E-state index in [4.69, 9.17) is 5.73 Å². The Hall–Kier alpha value is -3.75. The zero-order valence-corrected chi connectivity index (χ0v) is 17.6. The maximum Gasteiger partial charge on any atom is 0.220 e. The highest BCUT2D eigenvalue weighted by molar-refractivity contribution is 5.85. The van der Waals surface area contributed by atoms with Crippen LogP contribution in [-0.4, -0.2) is 48.3 Å². The zero-order valence-electron chi connectivity index (χ0n) is 17.6. The molecule has 5 rings (SSSR count). The van der Waals surface area contributed by atoms with Crippen molar-refractivity contribution in [2.45, 2.75) is 19.8 Å². The number of carbonyl (C=O) groups is 1. The molecule has 0 unspecified atom stereocenters. The first-order chi connectivity index (χ1) is 15.0. The molecule has 0 spiro atoms. The molecule has 1 aliphatic rings. The molecule has 31 heavy (non-hydrogen) atoms. The van der Waals surface area contributed by atoms with Crippen molar-refractivity contribution in [3.8, 4) is 16.8 Å². The minimum absolute atomic E-state index is 0.0619. The van der Waals surface area contributed by atoms with Gasteiger partial charge in [-0.1, -0.05) is 12.1 Å². The summed E-state index contributed by atoms with van der Waals surface area (Å²) in [5.41, 5.74) is 11.2. The van der Waals surface area contributed by atoms with Crippen LogP contribution in [-0.2, 0) is 11.8 Å². The quantitative estimate of drug-likeness (QED) is 0.547. The van der Waals surface area contributed by atoms with Crippen LogP contribution < -0.4 is 10.6 Å². The van der Waals surface area contributed by atoms with Gasteiger partial charge in [-0.15, -0.1) is 0 Å². The molecule has 2 N–H and O–H groups in total. The van der Waals surface area contributed by atoms with Gasteiger partial charge in [0.15, 0.2) is 17.0 Å². The van der Waals surface area contributed by atoms with Crippen molar-refractivity contribution in [2.75, 3.05) is 18.0 Å². The summed E-state index contributed by atoms with van der Waals surface area (Å²) < 4.78 is 3.79. The second-order valence-electron chi connectivity index (χ2n) is 8.00. The summed E-state index contributed by atoms with van der Waals surface area (Å²) >= 11 is 0. The standard InChI is InChI=1S/C22H24N8O/c1-14-18(11-28(2)27-14)15-3-5-17(6-4-15)30-13-26-19-21(24-12-25-22(19)30)29-9-7-16(8-10-29)20(23)31/h3-6,11-13,16H,7-10H2,1-2H3,(H2,23,31). The highest BCUT2D eigenvalue weighted by atomic mass is 16.1. The number of benzene rings is 1. The number of carbonyl (C=O) groups excluding carboxylic acids is 1. The van der Waals surface area contributed by atoms with Crippen LogP contribution in [0, 0.1) is 12.8 Å². The lowest BCUT2D eigenvalue weighted by atomic mass is 9.96. The summed E-state index contributed by atoms with van der Waals surface area (Å²) in [5.74, 6) is 0.518. The van der Waals surface area contributed by atoms with Crippen LogP contribution >= 0.6 is 0 Å². The molecule has 1 fully saturated rings. The van der Waals surface area contributed by atoms with Crippen molar-refractivity contribution in [3.05, 3.63) is 48.8 Å². The first-order valence-corrected chi connectivity index (χ1v) is 10.3. The summed E-state index contributed by atoms with van der Waals surface area (Å²) in [6, 6.07) is 8.29. The number of primary amides is 1. The smallest absolute Gasteiger partial charge is 0.220 e. The molecule has 158 valence electrons. The Labute approximate surface area is 179 Å². The molecular formula is C22H24N8O. The van der Waals surface area contributed by atoms with Gasteiger partial charge >= 0.3 is 0 Å². The van der Waals surface area contributed by atoms with Gasteiger partial charge in [0.05, 0.1) is 5.69 Å². The molecular weight excluding hydrogens is 392 g/mol. The van der Waals surface area contributed by atoms with Gasteiger partial charge in [0.1, 0.15) is 12.7 Å². The number of piperidine rings is 1. The second kappa shape index (κ2) is 7.50. The van der Waals surface area contributed by atoms with E-state index in [-0.39, 0.29) is 11.8 Å². The summed E-state index contributed by atoms with van der Waals surface area (Å²) in [4.78, 5) is 27.2. The fraction of sp³-hybridized carbons (Fsp3) is 0.318. The monoisotopic (exact) mass is 416 g/mol. The molecule has 1 aromatic carbocycles. The van der Waals surface area contributed by atoms with Gasteiger partial charge < -0.3 is 10.6 Å². The maximum absolute atomic E-state index is 11.5. The fourth-order valence-corrected chi connectivity index (χ4v) is 4.30. The van der Waals surface area contributed by atoms with Gasteiger partial charge in [-0.2, -0.15) is 5.10 Å². The number of fused-ring (bicyclic) bond motifs is 1. The predicted octanol–water partition coefficient (Wildman–Crippen LogP) is 2.23. The molecule has 4 heterocycles. The Bertz CT molecular complexity index is 1250. The van der Waals surface area contributed by atoms with E-state index in [9.17, 15) is 4.79 Å². The van der Waals surface area contributed by atoms with E-state index < -0.39 is 0 Å². The molecule has 0 aliphatic carbocycles. The molecule has 9 heteroatoms.